The molecule has 0 fully saturated rings. The molecule has 0 N–H and O–H groups in total. The van der Waals surface area contributed by atoms with Crippen molar-refractivity contribution in [2.75, 3.05) is 17.7 Å². The normalized spacial score (nSPS) is 12.6. The Kier molecular flexibility index (Phi) is 5.92. The number of para-hydroxylation sites is 1. The lowest BCUT2D eigenvalue weighted by Gasteiger charge is -2.28. The Morgan fingerprint density at radius 3 is 2.43 bits per heavy atom. The van der Waals surface area contributed by atoms with E-state index < -0.39 is 27.9 Å². The topological polar surface area (TPSA) is 85.7 Å². The minimum atomic E-state index is -3.82. The third-order valence-electron chi connectivity index (χ3n) is 4.83. The Morgan fingerprint density at radius 2 is 1.83 bits per heavy atom. The average molecular weight is 449 g/mol. The van der Waals surface area contributed by atoms with Crippen molar-refractivity contribution in [1.29, 1.82) is 0 Å². The first-order valence-electron chi connectivity index (χ1n) is 9.04. The molecule has 7 nitrogen and oxygen atoms in total. The highest BCUT2D eigenvalue weighted by atomic mass is 35.5. The molecular weight excluding hydrogens is 428 g/mol. The van der Waals surface area contributed by atoms with Gasteiger partial charge in [-0.15, -0.1) is 0 Å². The van der Waals surface area contributed by atoms with Gasteiger partial charge in [0.25, 0.3) is 5.91 Å². The van der Waals surface area contributed by atoms with Crippen LogP contribution in [-0.2, 0) is 14.8 Å². The fourth-order valence-corrected chi connectivity index (χ4v) is 4.69. The summed E-state index contributed by atoms with van der Waals surface area (Å²) >= 11 is 6.18. The first kappa shape index (κ1) is 21.9. The lowest BCUT2D eigenvalue weighted by Crippen LogP contribution is -2.44. The molecule has 0 saturated carbocycles. The van der Waals surface area contributed by atoms with Crippen LogP contribution in [0.3, 0.4) is 0 Å². The predicted octanol–water partition coefficient (Wildman–Crippen LogP) is 3.88. The molecule has 0 aliphatic rings. The average Bonchev–Trinajstić information content (AvgIpc) is 3.08. The Labute approximate surface area is 179 Å². The number of hydrogen-bond acceptors (Lipinski definition) is 5. The van der Waals surface area contributed by atoms with E-state index in [9.17, 15) is 18.0 Å². The number of methoxy groups -OCH3 is 1. The molecule has 0 bridgehead atoms. The third-order valence-corrected chi connectivity index (χ3v) is 6.48. The standard InChI is InChI=1S/C21H21ClN2O5S/c1-13-9-10-15(11-18(13)22)24(30(4,27)28)14(2)20(25)23-12-17(21(26)29-3)16-7-5-6-8-19(16)23/h5-12,14H,1-4H3/t14-/m0/s1. The quantitative estimate of drug-likeness (QED) is 0.553. The molecule has 158 valence electrons. The summed E-state index contributed by atoms with van der Waals surface area (Å²) in [4.78, 5) is 25.5. The van der Waals surface area contributed by atoms with Gasteiger partial charge in [-0.1, -0.05) is 35.9 Å². The number of nitrogens with zero attached hydrogens (tertiary/aromatic N) is 2. The summed E-state index contributed by atoms with van der Waals surface area (Å²) in [5.41, 5.74) is 1.76. The van der Waals surface area contributed by atoms with Crippen molar-refractivity contribution in [3.8, 4) is 0 Å². The number of hydrogen-bond donors (Lipinski definition) is 0. The van der Waals surface area contributed by atoms with E-state index in [4.69, 9.17) is 16.3 Å². The van der Waals surface area contributed by atoms with Crippen LogP contribution < -0.4 is 4.31 Å². The number of esters is 1. The SMILES string of the molecule is COC(=O)c1cn(C(=O)[C@H](C)N(c2ccc(C)c(Cl)c2)S(C)(=O)=O)c2ccccc12. The second kappa shape index (κ2) is 8.12. The van der Waals surface area contributed by atoms with E-state index in [0.29, 0.717) is 15.9 Å². The van der Waals surface area contributed by atoms with E-state index >= 15 is 0 Å². The van der Waals surface area contributed by atoms with Crippen LogP contribution >= 0.6 is 11.6 Å². The predicted molar refractivity (Wildman–Crippen MR) is 117 cm³/mol. The molecule has 9 heteroatoms. The highest BCUT2D eigenvalue weighted by Crippen LogP contribution is 2.28. The number of anilines is 1. The van der Waals surface area contributed by atoms with Crippen LogP contribution in [0.5, 0.6) is 0 Å². The van der Waals surface area contributed by atoms with Crippen LogP contribution in [-0.4, -0.2) is 44.3 Å². The van der Waals surface area contributed by atoms with Crippen molar-refractivity contribution >= 4 is 50.1 Å². The van der Waals surface area contributed by atoms with Gasteiger partial charge < -0.3 is 4.74 Å². The van der Waals surface area contributed by atoms with E-state index in [1.54, 1.807) is 43.3 Å². The fourth-order valence-electron chi connectivity index (χ4n) is 3.36. The molecule has 0 radical (unpaired) electrons. The Hall–Kier alpha value is -2.84. The van der Waals surface area contributed by atoms with Gasteiger partial charge >= 0.3 is 5.97 Å². The van der Waals surface area contributed by atoms with Crippen LogP contribution in [0, 0.1) is 6.92 Å². The minimum absolute atomic E-state index is 0.220. The second-order valence-corrected chi connectivity index (χ2v) is 9.19. The number of fused-ring (bicyclic) bond motifs is 1. The maximum absolute atomic E-state index is 13.4. The molecule has 1 aromatic heterocycles. The summed E-state index contributed by atoms with van der Waals surface area (Å²) < 4.78 is 32.3. The summed E-state index contributed by atoms with van der Waals surface area (Å²) in [5, 5.41) is 0.925. The third kappa shape index (κ3) is 3.93. The molecular formula is C21H21ClN2O5S. The van der Waals surface area contributed by atoms with Crippen LogP contribution in [0.4, 0.5) is 5.69 Å². The molecule has 3 aromatic rings. The molecule has 2 aromatic carbocycles. The van der Waals surface area contributed by atoms with Gasteiger partial charge in [0.1, 0.15) is 6.04 Å². The number of halogens is 1. The number of benzene rings is 2. The second-order valence-electron chi connectivity index (χ2n) is 6.93. The van der Waals surface area contributed by atoms with Gasteiger partial charge in [0.05, 0.1) is 30.1 Å². The highest BCUT2D eigenvalue weighted by molar-refractivity contribution is 7.92. The smallest absolute Gasteiger partial charge is 0.340 e. The van der Waals surface area contributed by atoms with Crippen molar-refractivity contribution < 1.29 is 22.7 Å². The number of aromatic nitrogens is 1. The molecule has 0 aliphatic heterocycles. The summed E-state index contributed by atoms with van der Waals surface area (Å²) in [6.07, 6.45) is 2.40. The number of aryl methyl sites for hydroxylation is 1. The number of ether oxygens (including phenoxy) is 1. The largest absolute Gasteiger partial charge is 0.465 e. The molecule has 0 aliphatic carbocycles. The number of rotatable bonds is 5. The van der Waals surface area contributed by atoms with Crippen LogP contribution in [0.15, 0.2) is 48.7 Å². The summed E-state index contributed by atoms with van der Waals surface area (Å²) in [5.74, 6) is -1.11. The Balaban J connectivity index is 2.13. The van der Waals surface area contributed by atoms with Gasteiger partial charge in [-0.25, -0.2) is 13.2 Å². The molecule has 1 heterocycles. The molecule has 0 unspecified atom stereocenters. The molecule has 0 amide bonds. The number of carbonyl (C=O) groups is 2. The van der Waals surface area contributed by atoms with E-state index in [1.165, 1.54) is 30.9 Å². The first-order chi connectivity index (χ1) is 14.1. The maximum Gasteiger partial charge on any atom is 0.340 e. The monoisotopic (exact) mass is 448 g/mol. The Bertz CT molecular complexity index is 1250. The molecule has 0 spiro atoms. The van der Waals surface area contributed by atoms with E-state index in [0.717, 1.165) is 16.1 Å². The van der Waals surface area contributed by atoms with Gasteiger partial charge in [-0.3, -0.25) is 13.7 Å². The lowest BCUT2D eigenvalue weighted by atomic mass is 10.2. The van der Waals surface area contributed by atoms with Gasteiger partial charge in [0.2, 0.25) is 10.0 Å². The zero-order valence-corrected chi connectivity index (χ0v) is 18.5. The van der Waals surface area contributed by atoms with Crippen LogP contribution in [0.25, 0.3) is 10.9 Å². The van der Waals surface area contributed by atoms with Gasteiger partial charge in [0, 0.05) is 16.6 Å². The molecule has 3 rings (SSSR count). The van der Waals surface area contributed by atoms with Gasteiger partial charge in [-0.2, -0.15) is 0 Å². The maximum atomic E-state index is 13.4. The zero-order valence-electron chi connectivity index (χ0n) is 16.9. The van der Waals surface area contributed by atoms with Crippen molar-refractivity contribution in [1.82, 2.24) is 4.57 Å². The van der Waals surface area contributed by atoms with Crippen LogP contribution in [0.2, 0.25) is 5.02 Å². The van der Waals surface area contributed by atoms with Crippen LogP contribution in [0.1, 0.15) is 27.6 Å². The van der Waals surface area contributed by atoms with Gasteiger partial charge in [0.15, 0.2) is 0 Å². The van der Waals surface area contributed by atoms with Crippen molar-refractivity contribution in [3.05, 3.63) is 64.8 Å². The van der Waals surface area contributed by atoms with Crippen molar-refractivity contribution in [3.63, 3.8) is 0 Å². The van der Waals surface area contributed by atoms with Crippen molar-refractivity contribution in [2.24, 2.45) is 0 Å². The number of carbonyl (C=O) groups excluding carboxylic acids is 2. The molecule has 1 atom stereocenters. The minimum Gasteiger partial charge on any atom is -0.465 e. The fraction of sp³-hybridized carbons (Fsp3) is 0.238. The van der Waals surface area contributed by atoms with Crippen molar-refractivity contribution in [2.45, 2.75) is 19.9 Å². The molecule has 0 saturated heterocycles. The highest BCUT2D eigenvalue weighted by Gasteiger charge is 2.31. The first-order valence-corrected chi connectivity index (χ1v) is 11.3. The molecule has 30 heavy (non-hydrogen) atoms. The summed E-state index contributed by atoms with van der Waals surface area (Å²) in [6.45, 7) is 3.29. The van der Waals surface area contributed by atoms with Gasteiger partial charge in [-0.05, 0) is 37.6 Å². The Morgan fingerprint density at radius 1 is 1.17 bits per heavy atom. The summed E-state index contributed by atoms with van der Waals surface area (Å²) in [6, 6.07) is 10.5. The lowest BCUT2D eigenvalue weighted by molar-refractivity contribution is 0.0603. The summed E-state index contributed by atoms with van der Waals surface area (Å²) in [7, 11) is -2.56. The van der Waals surface area contributed by atoms with E-state index in [-0.39, 0.29) is 11.3 Å². The zero-order chi connectivity index (χ0) is 22.2. The van der Waals surface area contributed by atoms with E-state index in [1.807, 2.05) is 0 Å². The number of sulfonamides is 1. The van der Waals surface area contributed by atoms with E-state index in [2.05, 4.69) is 0 Å².